The molecular formula is C13H22N4O. The van der Waals surface area contributed by atoms with Gasteiger partial charge in [0.2, 0.25) is 0 Å². The van der Waals surface area contributed by atoms with Gasteiger partial charge in [-0.2, -0.15) is 0 Å². The van der Waals surface area contributed by atoms with Gasteiger partial charge in [0.05, 0.1) is 6.33 Å². The van der Waals surface area contributed by atoms with Gasteiger partial charge >= 0.3 is 0 Å². The van der Waals surface area contributed by atoms with Crippen molar-refractivity contribution in [1.29, 1.82) is 0 Å². The Morgan fingerprint density at radius 2 is 1.94 bits per heavy atom. The van der Waals surface area contributed by atoms with E-state index in [1.54, 1.807) is 17.1 Å². The Balaban J connectivity index is 2.13. The maximum absolute atomic E-state index is 12.1. The van der Waals surface area contributed by atoms with E-state index < -0.39 is 0 Å². The third kappa shape index (κ3) is 1.73. The first-order chi connectivity index (χ1) is 8.17. The third-order valence-corrected chi connectivity index (χ3v) is 4.30. The van der Waals surface area contributed by atoms with E-state index in [1.807, 2.05) is 7.05 Å². The van der Waals surface area contributed by atoms with Gasteiger partial charge in [-0.1, -0.05) is 27.7 Å². The van der Waals surface area contributed by atoms with Crippen molar-refractivity contribution in [3.63, 3.8) is 0 Å². The molecule has 1 amide bonds. The van der Waals surface area contributed by atoms with E-state index in [1.165, 1.54) is 0 Å². The van der Waals surface area contributed by atoms with Crippen LogP contribution in [-0.4, -0.2) is 27.5 Å². The second kappa shape index (κ2) is 3.82. The number of aromatic nitrogens is 2. The standard InChI is InChI=1S/C13H22N4O/c1-12(2)10(14)13(3,4)11(12)16-9(18)8-6-17(5)7-15-8/h6-7,10-11H,14H2,1-5H3,(H,16,18). The summed E-state index contributed by atoms with van der Waals surface area (Å²) < 4.78 is 1.76. The summed E-state index contributed by atoms with van der Waals surface area (Å²) in [5.41, 5.74) is 6.44. The van der Waals surface area contributed by atoms with Crippen LogP contribution in [0.3, 0.4) is 0 Å². The van der Waals surface area contributed by atoms with E-state index in [4.69, 9.17) is 5.73 Å². The lowest BCUT2D eigenvalue weighted by molar-refractivity contribution is -0.0664. The molecule has 1 fully saturated rings. The molecule has 100 valence electrons. The average Bonchev–Trinajstić information content (AvgIpc) is 2.71. The molecule has 3 N–H and O–H groups in total. The van der Waals surface area contributed by atoms with Crippen LogP contribution in [-0.2, 0) is 7.05 Å². The Kier molecular flexibility index (Phi) is 2.77. The normalized spacial score (nSPS) is 28.6. The zero-order valence-electron chi connectivity index (χ0n) is 11.7. The van der Waals surface area contributed by atoms with Gasteiger partial charge in [0.15, 0.2) is 0 Å². The molecule has 1 saturated carbocycles. The van der Waals surface area contributed by atoms with Crippen LogP contribution in [0.15, 0.2) is 12.5 Å². The highest BCUT2D eigenvalue weighted by atomic mass is 16.2. The lowest BCUT2D eigenvalue weighted by Crippen LogP contribution is -2.76. The molecule has 5 nitrogen and oxygen atoms in total. The lowest BCUT2D eigenvalue weighted by Gasteiger charge is -2.62. The number of carbonyl (C=O) groups excluding carboxylic acids is 1. The first kappa shape index (κ1) is 13.1. The SMILES string of the molecule is Cn1cnc(C(=O)NC2C(C)(C)C(N)C2(C)C)c1. The molecule has 0 aliphatic heterocycles. The van der Waals surface area contributed by atoms with Crippen LogP contribution in [0.5, 0.6) is 0 Å². The van der Waals surface area contributed by atoms with Crippen LogP contribution in [0, 0.1) is 10.8 Å². The van der Waals surface area contributed by atoms with Gasteiger partial charge in [0.1, 0.15) is 5.69 Å². The molecule has 0 spiro atoms. The Morgan fingerprint density at radius 3 is 2.39 bits per heavy atom. The minimum atomic E-state index is -0.131. The summed E-state index contributed by atoms with van der Waals surface area (Å²) >= 11 is 0. The minimum absolute atomic E-state index is 0.0644. The van der Waals surface area contributed by atoms with Crippen molar-refractivity contribution in [3.8, 4) is 0 Å². The van der Waals surface area contributed by atoms with E-state index in [-0.39, 0.29) is 28.8 Å². The zero-order chi connectivity index (χ0) is 13.7. The highest BCUT2D eigenvalue weighted by molar-refractivity contribution is 5.92. The maximum Gasteiger partial charge on any atom is 0.271 e. The first-order valence-corrected chi connectivity index (χ1v) is 6.21. The number of carbonyl (C=O) groups is 1. The van der Waals surface area contributed by atoms with Crippen LogP contribution >= 0.6 is 0 Å². The molecule has 1 aliphatic carbocycles. The first-order valence-electron chi connectivity index (χ1n) is 6.21. The van der Waals surface area contributed by atoms with Crippen molar-refractivity contribution in [2.24, 2.45) is 23.6 Å². The van der Waals surface area contributed by atoms with E-state index in [2.05, 4.69) is 38.0 Å². The topological polar surface area (TPSA) is 72.9 Å². The van der Waals surface area contributed by atoms with Crippen molar-refractivity contribution >= 4 is 5.91 Å². The number of aryl methyl sites for hydroxylation is 1. The number of nitrogens with one attached hydrogen (secondary N) is 1. The van der Waals surface area contributed by atoms with Crippen LogP contribution in [0.25, 0.3) is 0 Å². The quantitative estimate of drug-likeness (QED) is 0.819. The van der Waals surface area contributed by atoms with Crippen LogP contribution in [0.4, 0.5) is 0 Å². The molecule has 0 atom stereocenters. The summed E-state index contributed by atoms with van der Waals surface area (Å²) in [4.78, 5) is 16.2. The second-order valence-corrected chi connectivity index (χ2v) is 6.45. The Labute approximate surface area is 108 Å². The Bertz CT molecular complexity index is 459. The van der Waals surface area contributed by atoms with Crippen molar-refractivity contribution in [1.82, 2.24) is 14.9 Å². The summed E-state index contributed by atoms with van der Waals surface area (Å²) in [6.45, 7) is 8.36. The molecular weight excluding hydrogens is 228 g/mol. The molecule has 5 heteroatoms. The molecule has 2 rings (SSSR count). The van der Waals surface area contributed by atoms with Crippen LogP contribution < -0.4 is 11.1 Å². The fourth-order valence-electron chi connectivity index (χ4n) is 3.29. The summed E-state index contributed by atoms with van der Waals surface area (Å²) in [7, 11) is 1.84. The summed E-state index contributed by atoms with van der Waals surface area (Å²) in [6, 6.07) is 0.147. The number of amides is 1. The molecule has 0 unspecified atom stereocenters. The Hall–Kier alpha value is -1.36. The number of nitrogens with two attached hydrogens (primary N) is 1. The lowest BCUT2D eigenvalue weighted by atomic mass is 9.48. The molecule has 0 radical (unpaired) electrons. The zero-order valence-corrected chi connectivity index (χ0v) is 11.7. The van der Waals surface area contributed by atoms with Crippen LogP contribution in [0.2, 0.25) is 0 Å². The van der Waals surface area contributed by atoms with Crippen molar-refractivity contribution in [2.75, 3.05) is 0 Å². The third-order valence-electron chi connectivity index (χ3n) is 4.30. The largest absolute Gasteiger partial charge is 0.347 e. The smallest absolute Gasteiger partial charge is 0.271 e. The number of imidazole rings is 1. The molecule has 1 heterocycles. The van der Waals surface area contributed by atoms with Gasteiger partial charge in [-0.3, -0.25) is 4.79 Å². The minimum Gasteiger partial charge on any atom is -0.347 e. The van der Waals surface area contributed by atoms with E-state index >= 15 is 0 Å². The van der Waals surface area contributed by atoms with E-state index in [0.29, 0.717) is 5.69 Å². The average molecular weight is 250 g/mol. The van der Waals surface area contributed by atoms with Gasteiger partial charge in [0, 0.05) is 36.2 Å². The highest BCUT2D eigenvalue weighted by Gasteiger charge is 2.60. The summed E-state index contributed by atoms with van der Waals surface area (Å²) in [6.07, 6.45) is 3.34. The number of rotatable bonds is 2. The van der Waals surface area contributed by atoms with Gasteiger partial charge in [-0.15, -0.1) is 0 Å². The van der Waals surface area contributed by atoms with Gasteiger partial charge in [-0.25, -0.2) is 4.98 Å². The van der Waals surface area contributed by atoms with Gasteiger partial charge in [0.25, 0.3) is 5.91 Å². The maximum atomic E-state index is 12.1. The van der Waals surface area contributed by atoms with Gasteiger partial charge in [-0.05, 0) is 0 Å². The number of hydrogen-bond acceptors (Lipinski definition) is 3. The number of nitrogens with zero attached hydrogens (tertiary/aromatic N) is 2. The molecule has 0 bridgehead atoms. The molecule has 18 heavy (non-hydrogen) atoms. The molecule has 1 aliphatic rings. The van der Waals surface area contributed by atoms with E-state index in [9.17, 15) is 4.79 Å². The fraction of sp³-hybridized carbons (Fsp3) is 0.692. The van der Waals surface area contributed by atoms with Crippen molar-refractivity contribution in [2.45, 2.75) is 39.8 Å². The summed E-state index contributed by atoms with van der Waals surface area (Å²) in [5, 5.41) is 3.06. The number of hydrogen-bond donors (Lipinski definition) is 2. The van der Waals surface area contributed by atoms with Crippen LogP contribution in [0.1, 0.15) is 38.2 Å². The summed E-state index contributed by atoms with van der Waals surface area (Å²) in [5.74, 6) is -0.131. The molecule has 1 aromatic rings. The molecule has 0 aromatic carbocycles. The predicted octanol–water partition coefficient (Wildman–Crippen LogP) is 0.912. The van der Waals surface area contributed by atoms with Gasteiger partial charge < -0.3 is 15.6 Å². The fourth-order valence-corrected chi connectivity index (χ4v) is 3.29. The van der Waals surface area contributed by atoms with Crippen molar-refractivity contribution < 1.29 is 4.79 Å². The second-order valence-electron chi connectivity index (χ2n) is 6.45. The van der Waals surface area contributed by atoms with E-state index in [0.717, 1.165) is 0 Å². The predicted molar refractivity (Wildman–Crippen MR) is 70.0 cm³/mol. The van der Waals surface area contributed by atoms with Crippen molar-refractivity contribution in [3.05, 3.63) is 18.2 Å². The highest BCUT2D eigenvalue weighted by Crippen LogP contribution is 2.52. The molecule has 1 aromatic heterocycles. The monoisotopic (exact) mass is 250 g/mol. The Morgan fingerprint density at radius 1 is 1.39 bits per heavy atom. The molecule has 0 saturated heterocycles.